The summed E-state index contributed by atoms with van der Waals surface area (Å²) in [6.45, 7) is 1.43. The molecule has 0 aliphatic carbocycles. The van der Waals surface area contributed by atoms with E-state index in [0.29, 0.717) is 54.1 Å². The minimum Gasteiger partial charge on any atom is -0.497 e. The molecule has 0 spiro atoms. The first-order chi connectivity index (χ1) is 19.5. The number of carbonyl (C=O) groups is 1. The highest BCUT2D eigenvalue weighted by Crippen LogP contribution is 2.30. The number of anilines is 1. The largest absolute Gasteiger partial charge is 0.497 e. The van der Waals surface area contributed by atoms with Crippen LogP contribution in [0.1, 0.15) is 36.0 Å². The third-order valence-corrected chi connectivity index (χ3v) is 7.11. The van der Waals surface area contributed by atoms with E-state index in [0.717, 1.165) is 36.1 Å². The van der Waals surface area contributed by atoms with Crippen molar-refractivity contribution >= 4 is 11.6 Å². The second-order valence-corrected chi connectivity index (χ2v) is 9.70. The number of ketones is 1. The molecule has 204 valence electrons. The molecule has 1 N–H and O–H groups in total. The van der Waals surface area contributed by atoms with Crippen LogP contribution in [0.2, 0.25) is 0 Å². The van der Waals surface area contributed by atoms with E-state index in [1.54, 1.807) is 31.5 Å². The summed E-state index contributed by atoms with van der Waals surface area (Å²) in [6.07, 6.45) is 11.1. The number of terminal acetylenes is 1. The van der Waals surface area contributed by atoms with Crippen LogP contribution in [0.4, 0.5) is 10.2 Å². The Bertz CT molecular complexity index is 1510. The number of Topliss-reactive ketones (excluding diaryl/α,β-unsaturated/α-hetero) is 1. The number of H-pyrrole nitrogens is 1. The van der Waals surface area contributed by atoms with Gasteiger partial charge in [0.2, 0.25) is 0 Å². The van der Waals surface area contributed by atoms with Crippen molar-refractivity contribution in [1.29, 1.82) is 0 Å². The molecule has 3 heterocycles. The summed E-state index contributed by atoms with van der Waals surface area (Å²) in [7, 11) is 1.55. The predicted octanol–water partition coefficient (Wildman–Crippen LogP) is 5.57. The molecule has 0 saturated carbocycles. The van der Waals surface area contributed by atoms with Gasteiger partial charge in [-0.2, -0.15) is 5.10 Å². The Morgan fingerprint density at radius 3 is 2.70 bits per heavy atom. The van der Waals surface area contributed by atoms with Gasteiger partial charge in [-0.25, -0.2) is 14.4 Å². The van der Waals surface area contributed by atoms with Crippen molar-refractivity contribution in [3.05, 3.63) is 72.3 Å². The number of carbonyl (C=O) groups excluding carboxylic acids is 1. The van der Waals surface area contributed by atoms with Gasteiger partial charge >= 0.3 is 0 Å². The molecule has 1 saturated heterocycles. The minimum atomic E-state index is -0.442. The summed E-state index contributed by atoms with van der Waals surface area (Å²) in [5.74, 6) is 4.19. The average molecular weight is 540 g/mol. The summed E-state index contributed by atoms with van der Waals surface area (Å²) in [5.41, 5.74) is 3.17. The molecule has 4 aromatic rings. The van der Waals surface area contributed by atoms with Gasteiger partial charge in [-0.3, -0.25) is 9.89 Å². The monoisotopic (exact) mass is 539 g/mol. The van der Waals surface area contributed by atoms with Crippen LogP contribution in [0.5, 0.6) is 11.5 Å². The van der Waals surface area contributed by atoms with Crippen molar-refractivity contribution in [2.45, 2.75) is 25.7 Å². The Balaban J connectivity index is 1.20. The maximum absolute atomic E-state index is 14.8. The van der Waals surface area contributed by atoms with Crippen LogP contribution in [0, 0.1) is 24.1 Å². The van der Waals surface area contributed by atoms with Crippen LogP contribution in [0.3, 0.4) is 0 Å². The molecule has 0 atom stereocenters. The second-order valence-electron chi connectivity index (χ2n) is 9.70. The van der Waals surface area contributed by atoms with Crippen LogP contribution in [0.25, 0.3) is 22.6 Å². The zero-order valence-electron chi connectivity index (χ0n) is 22.3. The van der Waals surface area contributed by atoms with Gasteiger partial charge in [0.1, 0.15) is 18.1 Å². The number of rotatable bonds is 10. The second kappa shape index (κ2) is 12.4. The molecule has 2 aromatic heterocycles. The SMILES string of the molecule is C#CCOc1cc(OC)cc(C(=O)CCC2CCN(c3nc(-c4cccc(-c5ccn[nH]5)c4)ncc3F)CC2)c1. The lowest BCUT2D eigenvalue weighted by Gasteiger charge is -2.33. The molecule has 0 bridgehead atoms. The van der Waals surface area contributed by atoms with Crippen LogP contribution in [0.15, 0.2) is 60.9 Å². The van der Waals surface area contributed by atoms with Crippen LogP contribution < -0.4 is 14.4 Å². The van der Waals surface area contributed by atoms with E-state index in [1.807, 2.05) is 35.2 Å². The van der Waals surface area contributed by atoms with Gasteiger partial charge in [0, 0.05) is 48.5 Å². The Morgan fingerprint density at radius 2 is 1.95 bits per heavy atom. The lowest BCUT2D eigenvalue weighted by atomic mass is 9.90. The number of nitrogens with zero attached hydrogens (tertiary/aromatic N) is 4. The zero-order chi connectivity index (χ0) is 27.9. The predicted molar refractivity (Wildman–Crippen MR) is 151 cm³/mol. The molecule has 8 nitrogen and oxygen atoms in total. The lowest BCUT2D eigenvalue weighted by Crippen LogP contribution is -2.35. The fourth-order valence-electron chi connectivity index (χ4n) is 4.93. The van der Waals surface area contributed by atoms with Gasteiger partial charge in [-0.05, 0) is 49.4 Å². The minimum absolute atomic E-state index is 0.0238. The standard InChI is InChI=1S/C31H30FN5O3/c1-3-15-40-26-18-24(17-25(19-26)39-2)29(38)8-7-21-10-13-37(14-11-21)31-27(32)20-33-30(35-31)23-6-4-5-22(16-23)28-9-12-34-36-28/h1,4-6,9,12,16-21H,7-8,10-11,13-15H2,2H3,(H,34,36). The first-order valence-electron chi connectivity index (χ1n) is 13.2. The van der Waals surface area contributed by atoms with Crippen LogP contribution >= 0.6 is 0 Å². The summed E-state index contributed by atoms with van der Waals surface area (Å²) < 4.78 is 25.6. The summed E-state index contributed by atoms with van der Waals surface area (Å²) in [6, 6.07) is 14.8. The number of nitrogens with one attached hydrogen (secondary N) is 1. The van der Waals surface area contributed by atoms with E-state index in [2.05, 4.69) is 26.1 Å². The molecular weight excluding hydrogens is 509 g/mol. The van der Waals surface area contributed by atoms with Crippen molar-refractivity contribution in [3.8, 4) is 46.5 Å². The van der Waals surface area contributed by atoms with E-state index in [9.17, 15) is 9.18 Å². The Morgan fingerprint density at radius 1 is 1.15 bits per heavy atom. The normalized spacial score (nSPS) is 13.6. The molecule has 40 heavy (non-hydrogen) atoms. The van der Waals surface area contributed by atoms with E-state index in [1.165, 1.54) is 6.20 Å². The van der Waals surface area contributed by atoms with Gasteiger partial charge in [-0.1, -0.05) is 24.1 Å². The van der Waals surface area contributed by atoms with E-state index in [4.69, 9.17) is 15.9 Å². The Labute approximate surface area is 232 Å². The van der Waals surface area contributed by atoms with Crippen molar-refractivity contribution in [3.63, 3.8) is 0 Å². The van der Waals surface area contributed by atoms with Crippen molar-refractivity contribution in [2.75, 3.05) is 31.7 Å². The molecule has 5 rings (SSSR count). The molecule has 1 aliphatic heterocycles. The fraction of sp³-hybridized carbons (Fsp3) is 0.290. The molecule has 1 aliphatic rings. The van der Waals surface area contributed by atoms with Gasteiger partial charge in [0.25, 0.3) is 0 Å². The number of aromatic nitrogens is 4. The quantitative estimate of drug-likeness (QED) is 0.208. The smallest absolute Gasteiger partial charge is 0.183 e. The van der Waals surface area contributed by atoms with Gasteiger partial charge in [0.15, 0.2) is 23.2 Å². The molecule has 0 radical (unpaired) electrons. The lowest BCUT2D eigenvalue weighted by molar-refractivity contribution is 0.0970. The van der Waals surface area contributed by atoms with E-state index < -0.39 is 5.82 Å². The molecule has 9 heteroatoms. The van der Waals surface area contributed by atoms with Crippen molar-refractivity contribution < 1.29 is 18.7 Å². The Kier molecular flexibility index (Phi) is 8.35. The molecule has 1 fully saturated rings. The van der Waals surface area contributed by atoms with Crippen LogP contribution in [-0.2, 0) is 0 Å². The van der Waals surface area contributed by atoms with E-state index in [-0.39, 0.29) is 12.4 Å². The zero-order valence-corrected chi connectivity index (χ0v) is 22.3. The van der Waals surface area contributed by atoms with Gasteiger partial charge < -0.3 is 14.4 Å². The highest BCUT2D eigenvalue weighted by molar-refractivity contribution is 5.96. The number of halogens is 1. The molecule has 2 aromatic carbocycles. The van der Waals surface area contributed by atoms with Gasteiger partial charge in [0.05, 0.1) is 19.0 Å². The van der Waals surface area contributed by atoms with Crippen molar-refractivity contribution in [1.82, 2.24) is 20.2 Å². The first-order valence-corrected chi connectivity index (χ1v) is 13.2. The number of hydrogen-bond acceptors (Lipinski definition) is 7. The maximum Gasteiger partial charge on any atom is 0.183 e. The summed E-state index contributed by atoms with van der Waals surface area (Å²) in [4.78, 5) is 23.8. The Hall–Kier alpha value is -4.71. The summed E-state index contributed by atoms with van der Waals surface area (Å²) >= 11 is 0. The number of hydrogen-bond donors (Lipinski definition) is 1. The number of benzene rings is 2. The highest BCUT2D eigenvalue weighted by Gasteiger charge is 2.24. The molecule has 0 unspecified atom stereocenters. The average Bonchev–Trinajstić information content (AvgIpc) is 3.55. The first kappa shape index (κ1) is 26.9. The third-order valence-electron chi connectivity index (χ3n) is 7.11. The third kappa shape index (κ3) is 6.29. The van der Waals surface area contributed by atoms with Gasteiger partial charge in [-0.15, -0.1) is 6.42 Å². The number of ether oxygens (including phenoxy) is 2. The summed E-state index contributed by atoms with van der Waals surface area (Å²) in [5, 5.41) is 6.96. The molecule has 0 amide bonds. The van der Waals surface area contributed by atoms with Crippen molar-refractivity contribution in [2.24, 2.45) is 5.92 Å². The number of piperidine rings is 1. The van der Waals surface area contributed by atoms with E-state index >= 15 is 0 Å². The maximum atomic E-state index is 14.8. The topological polar surface area (TPSA) is 93.2 Å². The van der Waals surface area contributed by atoms with Crippen LogP contribution in [-0.4, -0.2) is 52.8 Å². The highest BCUT2D eigenvalue weighted by atomic mass is 19.1. The molecular formula is C31H30FN5O3. The number of aromatic amines is 1. The fourth-order valence-corrected chi connectivity index (χ4v) is 4.93. The number of methoxy groups -OCH3 is 1.